The van der Waals surface area contributed by atoms with E-state index in [0.717, 1.165) is 18.2 Å². The molecule has 3 rings (SSSR count). The molecule has 1 aliphatic rings. The molecule has 0 fully saturated rings. The summed E-state index contributed by atoms with van der Waals surface area (Å²) in [7, 11) is 0. The van der Waals surface area contributed by atoms with Crippen molar-refractivity contribution in [3.63, 3.8) is 0 Å². The average Bonchev–Trinajstić information content (AvgIpc) is 2.91. The fourth-order valence-electron chi connectivity index (χ4n) is 2.48. The molecule has 0 spiro atoms. The molecule has 126 valence electrons. The summed E-state index contributed by atoms with van der Waals surface area (Å²) in [4.78, 5) is 46.7. The van der Waals surface area contributed by atoms with Crippen LogP contribution < -0.4 is 10.6 Å². The number of ketones is 1. The van der Waals surface area contributed by atoms with Gasteiger partial charge >= 0.3 is 0 Å². The zero-order valence-electron chi connectivity index (χ0n) is 12.5. The molecule has 0 saturated carbocycles. The van der Waals surface area contributed by atoms with E-state index in [1.54, 1.807) is 0 Å². The predicted molar refractivity (Wildman–Crippen MR) is 84.5 cm³/mol. The van der Waals surface area contributed by atoms with Gasteiger partial charge in [0.15, 0.2) is 0 Å². The Morgan fingerprint density at radius 3 is 2.48 bits per heavy atom. The second-order valence-corrected chi connectivity index (χ2v) is 5.28. The highest BCUT2D eigenvalue weighted by atomic mass is 19.1. The molecular weight excluding hydrogens is 333 g/mol. The molecule has 8 nitrogen and oxygen atoms in total. The Morgan fingerprint density at radius 2 is 1.84 bits per heavy atom. The van der Waals surface area contributed by atoms with Crippen LogP contribution in [0, 0.1) is 15.9 Å². The van der Waals surface area contributed by atoms with Crippen molar-refractivity contribution in [2.75, 3.05) is 10.6 Å². The normalized spacial score (nSPS) is 15.2. The molecule has 9 heteroatoms. The minimum Gasteiger partial charge on any atom is -0.325 e. The predicted octanol–water partition coefficient (Wildman–Crippen LogP) is 1.98. The maximum Gasteiger partial charge on any atom is 0.292 e. The lowest BCUT2D eigenvalue weighted by atomic mass is 9.95. The number of fused-ring (bicyclic) bond motifs is 1. The van der Waals surface area contributed by atoms with Crippen LogP contribution in [0.1, 0.15) is 11.5 Å². The minimum absolute atomic E-state index is 0.0680. The fraction of sp³-hybridized carbons (Fsp3) is 0.0625. The number of Topliss-reactive ketones (excluding diaryl/α,β-unsaturated/α-hetero) is 1. The van der Waals surface area contributed by atoms with Crippen LogP contribution in [0.3, 0.4) is 0 Å². The van der Waals surface area contributed by atoms with Gasteiger partial charge in [-0.2, -0.15) is 0 Å². The van der Waals surface area contributed by atoms with Crippen molar-refractivity contribution < 1.29 is 23.7 Å². The van der Waals surface area contributed by atoms with E-state index in [1.165, 1.54) is 24.3 Å². The number of amides is 2. The van der Waals surface area contributed by atoms with E-state index in [0.29, 0.717) is 0 Å². The second kappa shape index (κ2) is 6.11. The van der Waals surface area contributed by atoms with Crippen molar-refractivity contribution in [3.8, 4) is 0 Å². The van der Waals surface area contributed by atoms with Crippen LogP contribution in [0.15, 0.2) is 42.5 Å². The Hall–Kier alpha value is -3.62. The molecule has 1 aliphatic heterocycles. The van der Waals surface area contributed by atoms with Gasteiger partial charge in [0, 0.05) is 29.1 Å². The number of nitro benzene ring substituents is 1. The van der Waals surface area contributed by atoms with Gasteiger partial charge in [-0.1, -0.05) is 0 Å². The van der Waals surface area contributed by atoms with Gasteiger partial charge in [0.2, 0.25) is 11.7 Å². The summed E-state index contributed by atoms with van der Waals surface area (Å²) in [5.74, 6) is -4.88. The van der Waals surface area contributed by atoms with E-state index in [2.05, 4.69) is 10.6 Å². The van der Waals surface area contributed by atoms with E-state index in [-0.39, 0.29) is 22.6 Å². The van der Waals surface area contributed by atoms with Crippen LogP contribution in [-0.2, 0) is 14.4 Å². The fourth-order valence-corrected chi connectivity index (χ4v) is 2.48. The standard InChI is InChI=1S/C16H10FN3O5/c17-8-1-3-9(4-2-8)18-16(23)14(21)13-11-7-10(20(24)25)5-6-12(11)19-15(13)22/h1-7,13H,(H,18,23)(H,19,22). The van der Waals surface area contributed by atoms with Crippen LogP contribution in [0.5, 0.6) is 0 Å². The van der Waals surface area contributed by atoms with Gasteiger partial charge in [0.25, 0.3) is 11.6 Å². The van der Waals surface area contributed by atoms with Crippen molar-refractivity contribution in [2.45, 2.75) is 5.92 Å². The van der Waals surface area contributed by atoms with Gasteiger partial charge in [-0.25, -0.2) is 4.39 Å². The third kappa shape index (κ3) is 3.07. The third-order valence-electron chi connectivity index (χ3n) is 3.67. The van der Waals surface area contributed by atoms with Gasteiger partial charge in [-0.3, -0.25) is 24.5 Å². The molecule has 0 saturated heterocycles. The number of halogens is 1. The summed E-state index contributed by atoms with van der Waals surface area (Å²) in [6.07, 6.45) is 0. The first-order valence-corrected chi connectivity index (χ1v) is 7.07. The summed E-state index contributed by atoms with van der Waals surface area (Å²) in [6.45, 7) is 0. The van der Waals surface area contributed by atoms with Crippen LogP contribution in [0.4, 0.5) is 21.5 Å². The summed E-state index contributed by atoms with van der Waals surface area (Å²) < 4.78 is 12.9. The Labute approximate surface area is 139 Å². The molecule has 2 aromatic carbocycles. The summed E-state index contributed by atoms with van der Waals surface area (Å²) in [5, 5.41) is 15.5. The highest BCUT2D eigenvalue weighted by molar-refractivity contribution is 6.47. The molecule has 0 bridgehead atoms. The summed E-state index contributed by atoms with van der Waals surface area (Å²) >= 11 is 0. The first-order chi connectivity index (χ1) is 11.9. The van der Waals surface area contributed by atoms with Gasteiger partial charge in [-0.05, 0) is 30.3 Å². The lowest BCUT2D eigenvalue weighted by molar-refractivity contribution is -0.384. The number of hydrogen-bond acceptors (Lipinski definition) is 5. The van der Waals surface area contributed by atoms with Crippen LogP contribution in [0.2, 0.25) is 0 Å². The molecule has 0 aliphatic carbocycles. The molecule has 25 heavy (non-hydrogen) atoms. The van der Waals surface area contributed by atoms with E-state index >= 15 is 0 Å². The SMILES string of the molecule is O=C(Nc1ccc(F)cc1)C(=O)C1C(=O)Nc2ccc([N+](=O)[O-])cc21. The highest BCUT2D eigenvalue weighted by Crippen LogP contribution is 2.35. The first kappa shape index (κ1) is 16.2. The van der Waals surface area contributed by atoms with Gasteiger partial charge < -0.3 is 10.6 Å². The number of nitro groups is 1. The smallest absolute Gasteiger partial charge is 0.292 e. The third-order valence-corrected chi connectivity index (χ3v) is 3.67. The Kier molecular flexibility index (Phi) is 3.97. The van der Waals surface area contributed by atoms with E-state index in [4.69, 9.17) is 0 Å². The number of nitrogens with zero attached hydrogens (tertiary/aromatic N) is 1. The number of non-ortho nitro benzene ring substituents is 1. The second-order valence-electron chi connectivity index (χ2n) is 5.28. The van der Waals surface area contributed by atoms with E-state index in [1.807, 2.05) is 0 Å². The Morgan fingerprint density at radius 1 is 1.16 bits per heavy atom. The van der Waals surface area contributed by atoms with Crippen molar-refractivity contribution in [3.05, 3.63) is 64.0 Å². The number of anilines is 2. The van der Waals surface area contributed by atoms with Gasteiger partial charge in [-0.15, -0.1) is 0 Å². The molecule has 2 aromatic rings. The molecule has 1 atom stereocenters. The maximum absolute atomic E-state index is 12.9. The van der Waals surface area contributed by atoms with Gasteiger partial charge in [0.05, 0.1) is 4.92 Å². The number of benzene rings is 2. The van der Waals surface area contributed by atoms with Crippen LogP contribution in [0.25, 0.3) is 0 Å². The summed E-state index contributed by atoms with van der Waals surface area (Å²) in [6, 6.07) is 8.28. The van der Waals surface area contributed by atoms with Crippen LogP contribution >= 0.6 is 0 Å². The first-order valence-electron chi connectivity index (χ1n) is 7.07. The minimum atomic E-state index is -1.48. The molecule has 0 aromatic heterocycles. The van der Waals surface area contributed by atoms with E-state index < -0.39 is 34.3 Å². The molecule has 1 unspecified atom stereocenters. The quantitative estimate of drug-likeness (QED) is 0.381. The average molecular weight is 343 g/mol. The lowest BCUT2D eigenvalue weighted by Gasteiger charge is -2.08. The van der Waals surface area contributed by atoms with Gasteiger partial charge in [0.1, 0.15) is 11.7 Å². The lowest BCUT2D eigenvalue weighted by Crippen LogP contribution is -2.31. The largest absolute Gasteiger partial charge is 0.325 e. The maximum atomic E-state index is 12.9. The monoisotopic (exact) mass is 343 g/mol. The molecule has 0 radical (unpaired) electrons. The van der Waals surface area contributed by atoms with Crippen molar-refractivity contribution >= 4 is 34.7 Å². The molecule has 1 heterocycles. The van der Waals surface area contributed by atoms with Crippen molar-refractivity contribution in [1.82, 2.24) is 0 Å². The number of carbonyl (C=O) groups is 3. The number of rotatable bonds is 4. The highest BCUT2D eigenvalue weighted by Gasteiger charge is 2.40. The molecule has 2 N–H and O–H groups in total. The van der Waals surface area contributed by atoms with Crippen LogP contribution in [-0.4, -0.2) is 22.5 Å². The van der Waals surface area contributed by atoms with E-state index in [9.17, 15) is 28.9 Å². The van der Waals surface area contributed by atoms with Crippen molar-refractivity contribution in [2.24, 2.45) is 0 Å². The Bertz CT molecular complexity index is 910. The number of nitrogens with one attached hydrogen (secondary N) is 2. The zero-order valence-corrected chi connectivity index (χ0v) is 12.5. The number of hydrogen-bond donors (Lipinski definition) is 2. The summed E-state index contributed by atoms with van der Waals surface area (Å²) in [5.41, 5.74) is 0.186. The number of carbonyl (C=O) groups excluding carboxylic acids is 3. The molecule has 2 amide bonds. The topological polar surface area (TPSA) is 118 Å². The molecular formula is C16H10FN3O5. The Balaban J connectivity index is 1.86. The zero-order chi connectivity index (χ0) is 18.1. The van der Waals surface area contributed by atoms with Crippen molar-refractivity contribution in [1.29, 1.82) is 0 Å².